The van der Waals surface area contributed by atoms with Crippen molar-refractivity contribution in [2.24, 2.45) is 7.05 Å². The van der Waals surface area contributed by atoms with Crippen molar-refractivity contribution in [3.8, 4) is 0 Å². The molecule has 0 aliphatic carbocycles. The van der Waals surface area contributed by atoms with Crippen LogP contribution in [0.5, 0.6) is 0 Å². The van der Waals surface area contributed by atoms with Crippen LogP contribution in [0.25, 0.3) is 0 Å². The molecule has 1 rings (SSSR count). The molecule has 6 heteroatoms. The van der Waals surface area contributed by atoms with Crippen LogP contribution in [-0.4, -0.2) is 31.6 Å². The monoisotopic (exact) mass is 215 g/mol. The first-order valence-corrected chi connectivity index (χ1v) is 5.41. The molecule has 1 heterocycles. The van der Waals surface area contributed by atoms with Gasteiger partial charge in [-0.3, -0.25) is 4.79 Å². The van der Waals surface area contributed by atoms with Crippen LogP contribution in [0.4, 0.5) is 0 Å². The molecule has 0 saturated heterocycles. The van der Waals surface area contributed by atoms with Crippen molar-refractivity contribution >= 4 is 17.7 Å². The number of aromatic nitrogens is 3. The van der Waals surface area contributed by atoms with Gasteiger partial charge in [0.05, 0.1) is 12.2 Å². The van der Waals surface area contributed by atoms with E-state index in [0.717, 1.165) is 11.6 Å². The molecule has 0 saturated carbocycles. The van der Waals surface area contributed by atoms with Gasteiger partial charge in [-0.25, -0.2) is 0 Å². The Morgan fingerprint density at radius 1 is 1.57 bits per heavy atom. The second-order valence-corrected chi connectivity index (χ2v) is 4.02. The summed E-state index contributed by atoms with van der Waals surface area (Å²) >= 11 is 1.56. The number of rotatable bonds is 5. The molecule has 0 radical (unpaired) electrons. The molecule has 0 unspecified atom stereocenters. The van der Waals surface area contributed by atoms with E-state index < -0.39 is 5.97 Å². The van der Waals surface area contributed by atoms with E-state index in [0.29, 0.717) is 11.5 Å². The summed E-state index contributed by atoms with van der Waals surface area (Å²) < 4.78 is 1.91. The number of hydrogen-bond acceptors (Lipinski definition) is 4. The molecule has 0 atom stereocenters. The van der Waals surface area contributed by atoms with Gasteiger partial charge in [-0.15, -0.1) is 10.2 Å². The van der Waals surface area contributed by atoms with E-state index in [4.69, 9.17) is 5.11 Å². The highest BCUT2D eigenvalue weighted by Gasteiger charge is 2.04. The summed E-state index contributed by atoms with van der Waals surface area (Å²) in [6.07, 6.45) is 0.196. The Bertz CT molecular complexity index is 324. The fourth-order valence-electron chi connectivity index (χ4n) is 0.900. The molecule has 0 aromatic carbocycles. The fourth-order valence-corrected chi connectivity index (χ4v) is 1.80. The molecular formula is C8H13N3O2S. The summed E-state index contributed by atoms with van der Waals surface area (Å²) in [5.41, 5.74) is 0. The highest BCUT2D eigenvalue weighted by atomic mass is 32.2. The summed E-state index contributed by atoms with van der Waals surface area (Å²) in [5.74, 6) is 2.33. The Kier molecular flexibility index (Phi) is 3.94. The Morgan fingerprint density at radius 2 is 2.29 bits per heavy atom. The average Bonchev–Trinajstić information content (AvgIpc) is 2.43. The second-order valence-electron chi connectivity index (χ2n) is 2.92. The molecule has 0 fully saturated rings. The van der Waals surface area contributed by atoms with Gasteiger partial charge in [0.15, 0.2) is 0 Å². The lowest BCUT2D eigenvalue weighted by Gasteiger charge is -2.00. The number of thioether (sulfide) groups is 1. The molecule has 1 aromatic rings. The predicted molar refractivity (Wildman–Crippen MR) is 54.2 cm³/mol. The molecule has 1 aromatic heterocycles. The Balaban J connectivity index is 2.31. The number of carboxylic acid groups (broad SMARTS) is 1. The van der Waals surface area contributed by atoms with Crippen LogP contribution in [-0.2, 0) is 17.6 Å². The van der Waals surface area contributed by atoms with Crippen molar-refractivity contribution in [1.29, 1.82) is 0 Å². The van der Waals surface area contributed by atoms with E-state index in [9.17, 15) is 4.79 Å². The minimum Gasteiger partial charge on any atom is -0.481 e. The summed E-state index contributed by atoms with van der Waals surface area (Å²) in [6, 6.07) is 0. The maximum absolute atomic E-state index is 10.2. The molecule has 0 bridgehead atoms. The number of aryl methyl sites for hydroxylation is 1. The van der Waals surface area contributed by atoms with Crippen molar-refractivity contribution in [3.63, 3.8) is 0 Å². The molecule has 0 spiro atoms. The van der Waals surface area contributed by atoms with Gasteiger partial charge in [0.25, 0.3) is 0 Å². The van der Waals surface area contributed by atoms with Crippen LogP contribution >= 0.6 is 11.8 Å². The topological polar surface area (TPSA) is 68.0 Å². The molecule has 0 amide bonds. The third-order valence-corrected chi connectivity index (χ3v) is 2.83. The van der Waals surface area contributed by atoms with Gasteiger partial charge in [0, 0.05) is 12.8 Å². The molecule has 78 valence electrons. The van der Waals surface area contributed by atoms with Crippen LogP contribution < -0.4 is 0 Å². The van der Waals surface area contributed by atoms with E-state index in [-0.39, 0.29) is 6.42 Å². The van der Waals surface area contributed by atoms with Gasteiger partial charge in [0.2, 0.25) is 0 Å². The van der Waals surface area contributed by atoms with E-state index in [1.54, 1.807) is 11.8 Å². The summed E-state index contributed by atoms with van der Waals surface area (Å²) in [6.45, 7) is 1.89. The summed E-state index contributed by atoms with van der Waals surface area (Å²) in [4.78, 5) is 10.2. The number of aliphatic carboxylic acids is 1. The first kappa shape index (κ1) is 11.0. The molecular weight excluding hydrogens is 202 g/mol. The lowest BCUT2D eigenvalue weighted by molar-refractivity contribution is -0.136. The SMILES string of the molecule is Cc1nnc(CSCCC(=O)O)n1C. The first-order chi connectivity index (χ1) is 6.61. The summed E-state index contributed by atoms with van der Waals surface area (Å²) in [5, 5.41) is 16.3. The zero-order chi connectivity index (χ0) is 10.6. The predicted octanol–water partition coefficient (Wildman–Crippen LogP) is 0.831. The van der Waals surface area contributed by atoms with E-state index in [2.05, 4.69) is 10.2 Å². The number of hydrogen-bond donors (Lipinski definition) is 1. The number of carboxylic acids is 1. The minimum absolute atomic E-state index is 0.196. The standard InChI is InChI=1S/C8H13N3O2S/c1-6-9-10-7(11(6)2)5-14-4-3-8(12)13/h3-5H2,1-2H3,(H,12,13). The average molecular weight is 215 g/mol. The van der Waals surface area contributed by atoms with Crippen LogP contribution in [0.3, 0.4) is 0 Å². The second kappa shape index (κ2) is 4.99. The fraction of sp³-hybridized carbons (Fsp3) is 0.625. The van der Waals surface area contributed by atoms with Gasteiger partial charge >= 0.3 is 5.97 Å². The highest BCUT2D eigenvalue weighted by molar-refractivity contribution is 7.98. The maximum Gasteiger partial charge on any atom is 0.304 e. The minimum atomic E-state index is -0.758. The van der Waals surface area contributed by atoms with Crippen molar-refractivity contribution in [2.75, 3.05) is 5.75 Å². The molecule has 14 heavy (non-hydrogen) atoms. The van der Waals surface area contributed by atoms with Crippen LogP contribution in [0.2, 0.25) is 0 Å². The van der Waals surface area contributed by atoms with E-state index in [1.807, 2.05) is 18.5 Å². The molecule has 5 nitrogen and oxygen atoms in total. The van der Waals surface area contributed by atoms with Crippen molar-refractivity contribution < 1.29 is 9.90 Å². The Labute approximate surface area is 86.5 Å². The Hall–Kier alpha value is -1.04. The smallest absolute Gasteiger partial charge is 0.304 e. The Morgan fingerprint density at radius 3 is 2.79 bits per heavy atom. The van der Waals surface area contributed by atoms with Crippen molar-refractivity contribution in [1.82, 2.24) is 14.8 Å². The zero-order valence-electron chi connectivity index (χ0n) is 8.23. The normalized spacial score (nSPS) is 10.4. The third-order valence-electron chi connectivity index (χ3n) is 1.87. The van der Waals surface area contributed by atoms with Crippen molar-refractivity contribution in [3.05, 3.63) is 11.6 Å². The largest absolute Gasteiger partial charge is 0.481 e. The molecule has 0 aliphatic rings. The van der Waals surface area contributed by atoms with Crippen LogP contribution in [0, 0.1) is 6.92 Å². The van der Waals surface area contributed by atoms with Gasteiger partial charge in [-0.05, 0) is 6.92 Å². The van der Waals surface area contributed by atoms with Gasteiger partial charge in [0.1, 0.15) is 11.6 Å². The first-order valence-electron chi connectivity index (χ1n) is 4.25. The zero-order valence-corrected chi connectivity index (χ0v) is 9.04. The lowest BCUT2D eigenvalue weighted by Crippen LogP contribution is -2.00. The summed E-state index contributed by atoms with van der Waals surface area (Å²) in [7, 11) is 1.91. The maximum atomic E-state index is 10.2. The van der Waals surface area contributed by atoms with E-state index >= 15 is 0 Å². The molecule has 1 N–H and O–H groups in total. The third kappa shape index (κ3) is 3.02. The molecule has 0 aliphatic heterocycles. The van der Waals surface area contributed by atoms with E-state index in [1.165, 1.54) is 0 Å². The van der Waals surface area contributed by atoms with Gasteiger partial charge in [-0.1, -0.05) is 0 Å². The quantitative estimate of drug-likeness (QED) is 0.737. The van der Waals surface area contributed by atoms with Crippen molar-refractivity contribution in [2.45, 2.75) is 19.1 Å². The number of carbonyl (C=O) groups is 1. The van der Waals surface area contributed by atoms with Crippen LogP contribution in [0.1, 0.15) is 18.1 Å². The number of nitrogens with zero attached hydrogens (tertiary/aromatic N) is 3. The van der Waals surface area contributed by atoms with Gasteiger partial charge in [-0.2, -0.15) is 11.8 Å². The van der Waals surface area contributed by atoms with Gasteiger partial charge < -0.3 is 9.67 Å². The van der Waals surface area contributed by atoms with Crippen LogP contribution in [0.15, 0.2) is 0 Å². The highest BCUT2D eigenvalue weighted by Crippen LogP contribution is 2.11. The lowest BCUT2D eigenvalue weighted by atomic mass is 10.5.